The Labute approximate surface area is 69.4 Å². The molecule has 0 radical (unpaired) electrons. The minimum atomic E-state index is -4.81. The Morgan fingerprint density at radius 2 is 2.08 bits per heavy atom. The molecule has 0 atom stereocenters. The van der Waals surface area contributed by atoms with E-state index in [1.165, 1.54) is 0 Å². The van der Waals surface area contributed by atoms with Crippen LogP contribution in [0.4, 0.5) is 19.0 Å². The maximum Gasteiger partial charge on any atom is 0.574 e. The van der Waals surface area contributed by atoms with Gasteiger partial charge in [0.25, 0.3) is 5.88 Å². The second-order valence-corrected chi connectivity index (χ2v) is 2.18. The first-order valence-corrected chi connectivity index (χ1v) is 3.03. The van der Waals surface area contributed by atoms with E-state index in [4.69, 9.17) is 17.3 Å². The lowest BCUT2D eigenvalue weighted by Gasteiger charge is -2.04. The van der Waals surface area contributed by atoms with Gasteiger partial charge in [-0.25, -0.2) is 0 Å². The standard InChI is InChI=1S/C4H3ClF3N3O/c5-1-2(9)10-11-3(1)12-4(6,7)8/h(H3,9,10,11). The molecular weight excluding hydrogens is 199 g/mol. The summed E-state index contributed by atoms with van der Waals surface area (Å²) in [6, 6.07) is 0. The monoisotopic (exact) mass is 201 g/mol. The van der Waals surface area contributed by atoms with Crippen LogP contribution in [0.25, 0.3) is 0 Å². The summed E-state index contributed by atoms with van der Waals surface area (Å²) >= 11 is 5.27. The first-order valence-electron chi connectivity index (χ1n) is 2.65. The second kappa shape index (κ2) is 2.74. The summed E-state index contributed by atoms with van der Waals surface area (Å²) in [4.78, 5) is 0. The van der Waals surface area contributed by atoms with Gasteiger partial charge in [-0.2, -0.15) is 0 Å². The Morgan fingerprint density at radius 1 is 1.50 bits per heavy atom. The summed E-state index contributed by atoms with van der Waals surface area (Å²) in [5.41, 5.74) is 5.06. The fraction of sp³-hybridized carbons (Fsp3) is 0.250. The number of hydrogen-bond acceptors (Lipinski definition) is 3. The number of ether oxygens (including phenoxy) is 1. The van der Waals surface area contributed by atoms with E-state index in [9.17, 15) is 13.2 Å². The number of aromatic nitrogens is 2. The number of halogens is 4. The predicted molar refractivity (Wildman–Crippen MR) is 34.7 cm³/mol. The van der Waals surface area contributed by atoms with Crippen LogP contribution >= 0.6 is 11.6 Å². The van der Waals surface area contributed by atoms with Gasteiger partial charge in [-0.1, -0.05) is 11.6 Å². The number of nitrogens with zero attached hydrogens (tertiary/aromatic N) is 1. The second-order valence-electron chi connectivity index (χ2n) is 1.80. The van der Waals surface area contributed by atoms with Crippen molar-refractivity contribution in [2.75, 3.05) is 5.73 Å². The Morgan fingerprint density at radius 3 is 2.42 bits per heavy atom. The van der Waals surface area contributed by atoms with Gasteiger partial charge >= 0.3 is 6.36 Å². The number of H-pyrrole nitrogens is 1. The van der Waals surface area contributed by atoms with E-state index in [1.807, 2.05) is 5.10 Å². The number of hydrogen-bond donors (Lipinski definition) is 2. The molecule has 68 valence electrons. The minimum Gasteiger partial charge on any atom is -0.385 e. The molecule has 0 spiro atoms. The van der Waals surface area contributed by atoms with E-state index in [0.29, 0.717) is 0 Å². The molecule has 0 bridgehead atoms. The highest BCUT2D eigenvalue weighted by Gasteiger charge is 2.33. The highest BCUT2D eigenvalue weighted by atomic mass is 35.5. The summed E-state index contributed by atoms with van der Waals surface area (Å²) in [5, 5.41) is 4.72. The van der Waals surface area contributed by atoms with Gasteiger partial charge in [-0.05, 0) is 0 Å². The molecule has 3 N–H and O–H groups in total. The zero-order valence-electron chi connectivity index (χ0n) is 5.44. The molecular formula is C4H3ClF3N3O. The molecule has 0 fully saturated rings. The summed E-state index contributed by atoms with van der Waals surface area (Å²) < 4.78 is 38.1. The number of nitrogens with one attached hydrogen (secondary N) is 1. The van der Waals surface area contributed by atoms with Gasteiger partial charge in [0.05, 0.1) is 0 Å². The van der Waals surface area contributed by atoms with E-state index >= 15 is 0 Å². The molecule has 1 rings (SSSR count). The summed E-state index contributed by atoms with van der Waals surface area (Å²) in [6.45, 7) is 0. The minimum absolute atomic E-state index is 0.170. The van der Waals surface area contributed by atoms with Gasteiger partial charge in [0.15, 0.2) is 0 Å². The van der Waals surface area contributed by atoms with Crippen molar-refractivity contribution in [3.8, 4) is 5.88 Å². The molecule has 0 saturated carbocycles. The van der Waals surface area contributed by atoms with Crippen molar-refractivity contribution in [2.45, 2.75) is 6.36 Å². The highest BCUT2D eigenvalue weighted by molar-refractivity contribution is 6.34. The SMILES string of the molecule is Nc1[nH]nc(OC(F)(F)F)c1Cl. The molecule has 0 unspecified atom stereocenters. The molecule has 0 aliphatic rings. The topological polar surface area (TPSA) is 63.9 Å². The van der Waals surface area contributed by atoms with E-state index in [1.54, 1.807) is 0 Å². The molecule has 1 aromatic heterocycles. The number of alkyl halides is 3. The smallest absolute Gasteiger partial charge is 0.385 e. The molecule has 12 heavy (non-hydrogen) atoms. The van der Waals surface area contributed by atoms with Gasteiger partial charge < -0.3 is 10.5 Å². The fourth-order valence-corrected chi connectivity index (χ4v) is 0.625. The van der Waals surface area contributed by atoms with Crippen LogP contribution in [0.3, 0.4) is 0 Å². The third-order valence-electron chi connectivity index (χ3n) is 0.915. The first kappa shape index (κ1) is 8.98. The van der Waals surface area contributed by atoms with Crippen molar-refractivity contribution >= 4 is 17.4 Å². The molecule has 0 aliphatic heterocycles. The zero-order valence-corrected chi connectivity index (χ0v) is 6.20. The summed E-state index contributed by atoms with van der Waals surface area (Å²) in [6.07, 6.45) is -4.81. The van der Waals surface area contributed by atoms with Gasteiger partial charge in [0.2, 0.25) is 0 Å². The summed E-state index contributed by atoms with van der Waals surface area (Å²) in [7, 11) is 0. The van der Waals surface area contributed by atoms with Crippen LogP contribution in [0.2, 0.25) is 5.02 Å². The molecule has 8 heteroatoms. The predicted octanol–water partition coefficient (Wildman–Crippen LogP) is 1.54. The van der Waals surface area contributed by atoms with E-state index < -0.39 is 12.2 Å². The Bertz CT molecular complexity index is 284. The molecule has 1 heterocycles. The lowest BCUT2D eigenvalue weighted by Crippen LogP contribution is -2.17. The lowest BCUT2D eigenvalue weighted by atomic mass is 10.6. The van der Waals surface area contributed by atoms with Crippen LogP contribution in [0.5, 0.6) is 5.88 Å². The average Bonchev–Trinajstić information content (AvgIpc) is 2.16. The Kier molecular flexibility index (Phi) is 2.05. The van der Waals surface area contributed by atoms with E-state index in [-0.39, 0.29) is 10.8 Å². The average molecular weight is 202 g/mol. The van der Waals surface area contributed by atoms with Crippen molar-refractivity contribution in [3.63, 3.8) is 0 Å². The van der Waals surface area contributed by atoms with Gasteiger partial charge in [0, 0.05) is 0 Å². The third kappa shape index (κ3) is 1.94. The van der Waals surface area contributed by atoms with Crippen molar-refractivity contribution in [3.05, 3.63) is 5.02 Å². The molecule has 0 saturated heterocycles. The maximum atomic E-state index is 11.6. The van der Waals surface area contributed by atoms with Gasteiger partial charge in [-0.15, -0.1) is 18.3 Å². The normalized spacial score (nSPS) is 11.7. The Balaban J connectivity index is 2.83. The van der Waals surface area contributed by atoms with Crippen LogP contribution in [-0.2, 0) is 0 Å². The quantitative estimate of drug-likeness (QED) is 0.725. The first-order chi connectivity index (χ1) is 5.40. The number of anilines is 1. The lowest BCUT2D eigenvalue weighted by molar-refractivity contribution is -0.276. The highest BCUT2D eigenvalue weighted by Crippen LogP contribution is 2.31. The van der Waals surface area contributed by atoms with Crippen LogP contribution < -0.4 is 10.5 Å². The number of aromatic amines is 1. The van der Waals surface area contributed by atoms with Gasteiger partial charge in [-0.3, -0.25) is 5.10 Å². The van der Waals surface area contributed by atoms with Crippen LogP contribution in [0.1, 0.15) is 0 Å². The fourth-order valence-electron chi connectivity index (χ4n) is 0.502. The number of nitrogens with two attached hydrogens (primary N) is 1. The zero-order chi connectivity index (χ0) is 9.35. The maximum absolute atomic E-state index is 11.6. The van der Waals surface area contributed by atoms with Crippen LogP contribution in [0, 0.1) is 0 Å². The van der Waals surface area contributed by atoms with Crippen molar-refractivity contribution in [1.82, 2.24) is 10.2 Å². The van der Waals surface area contributed by atoms with E-state index in [2.05, 4.69) is 9.84 Å². The Hall–Kier alpha value is -1.11. The largest absolute Gasteiger partial charge is 0.574 e. The number of nitrogen functional groups attached to an aromatic ring is 1. The van der Waals surface area contributed by atoms with Crippen LogP contribution in [0.15, 0.2) is 0 Å². The molecule has 0 amide bonds. The third-order valence-corrected chi connectivity index (χ3v) is 1.28. The van der Waals surface area contributed by atoms with Gasteiger partial charge in [0.1, 0.15) is 10.8 Å². The van der Waals surface area contributed by atoms with Crippen LogP contribution in [-0.4, -0.2) is 16.6 Å². The molecule has 1 aromatic rings. The molecule has 4 nitrogen and oxygen atoms in total. The molecule has 0 aliphatic carbocycles. The summed E-state index contributed by atoms with van der Waals surface area (Å²) in [5.74, 6) is -0.947. The van der Waals surface area contributed by atoms with E-state index in [0.717, 1.165) is 0 Å². The number of rotatable bonds is 1. The van der Waals surface area contributed by atoms with Crippen molar-refractivity contribution < 1.29 is 17.9 Å². The van der Waals surface area contributed by atoms with Crippen molar-refractivity contribution in [1.29, 1.82) is 0 Å². The van der Waals surface area contributed by atoms with Crippen molar-refractivity contribution in [2.24, 2.45) is 0 Å². The molecule has 0 aromatic carbocycles.